The molecule has 7 heteroatoms. The van der Waals surface area contributed by atoms with Gasteiger partial charge < -0.3 is 4.90 Å². The first-order chi connectivity index (χ1) is 14.4. The van der Waals surface area contributed by atoms with Crippen molar-refractivity contribution in [1.82, 2.24) is 9.62 Å². The number of likely N-dealkylation sites (tertiary alicyclic amines) is 1. The molecule has 2 aliphatic rings. The Bertz CT molecular complexity index is 1010. The van der Waals surface area contributed by atoms with Crippen LogP contribution in [0, 0.1) is 5.92 Å². The van der Waals surface area contributed by atoms with Gasteiger partial charge in [0.15, 0.2) is 0 Å². The van der Waals surface area contributed by atoms with Gasteiger partial charge in [-0.1, -0.05) is 54.6 Å². The number of halogens is 1. The number of sulfonamides is 1. The van der Waals surface area contributed by atoms with Crippen LogP contribution in [0.4, 0.5) is 4.39 Å². The second-order valence-corrected chi connectivity index (χ2v) is 10.2. The Hall–Kier alpha value is -2.25. The average molecular weight is 431 g/mol. The first kappa shape index (κ1) is 21.0. The molecule has 0 aromatic heterocycles. The molecule has 1 saturated heterocycles. The quantitative estimate of drug-likeness (QED) is 0.734. The van der Waals surface area contributed by atoms with Crippen molar-refractivity contribution in [2.24, 2.45) is 5.92 Å². The summed E-state index contributed by atoms with van der Waals surface area (Å²) in [7, 11) is -3.59. The van der Waals surface area contributed by atoms with Crippen molar-refractivity contribution in [3.63, 3.8) is 0 Å². The molecule has 0 radical (unpaired) electrons. The van der Waals surface area contributed by atoms with Gasteiger partial charge in [-0.05, 0) is 42.9 Å². The Morgan fingerprint density at radius 1 is 1.10 bits per heavy atom. The summed E-state index contributed by atoms with van der Waals surface area (Å²) in [4.78, 5) is 14.4. The van der Waals surface area contributed by atoms with Gasteiger partial charge >= 0.3 is 0 Å². The lowest BCUT2D eigenvalue weighted by atomic mass is 9.96. The van der Waals surface area contributed by atoms with Gasteiger partial charge in [0.2, 0.25) is 15.9 Å². The Labute approximate surface area is 177 Å². The van der Waals surface area contributed by atoms with E-state index in [2.05, 4.69) is 4.72 Å². The lowest BCUT2D eigenvalue weighted by Gasteiger charge is -2.28. The molecule has 0 unspecified atom stereocenters. The smallest absolute Gasteiger partial charge is 0.226 e. The lowest BCUT2D eigenvalue weighted by molar-refractivity contribution is -0.133. The molecule has 0 bridgehead atoms. The summed E-state index contributed by atoms with van der Waals surface area (Å²) in [6.45, 7) is 1.46. The van der Waals surface area contributed by atoms with Gasteiger partial charge in [0.05, 0.1) is 24.4 Å². The molecule has 3 atom stereocenters. The zero-order chi connectivity index (χ0) is 21.3. The topological polar surface area (TPSA) is 66.5 Å². The van der Waals surface area contributed by atoms with Crippen LogP contribution >= 0.6 is 0 Å². The van der Waals surface area contributed by atoms with Crippen molar-refractivity contribution in [3.8, 4) is 11.1 Å². The Morgan fingerprint density at radius 3 is 2.47 bits per heavy atom. The molecule has 1 saturated carbocycles. The van der Waals surface area contributed by atoms with Gasteiger partial charge in [0, 0.05) is 5.92 Å². The van der Waals surface area contributed by atoms with Crippen molar-refractivity contribution in [2.75, 3.05) is 12.3 Å². The van der Waals surface area contributed by atoms with Crippen molar-refractivity contribution < 1.29 is 17.6 Å². The van der Waals surface area contributed by atoms with Gasteiger partial charge in [-0.2, -0.15) is 0 Å². The van der Waals surface area contributed by atoms with Crippen LogP contribution in [-0.4, -0.2) is 49.8 Å². The number of alkyl halides is 1. The number of carbonyl (C=O) groups excluding carboxylic acids is 1. The van der Waals surface area contributed by atoms with E-state index < -0.39 is 28.3 Å². The summed E-state index contributed by atoms with van der Waals surface area (Å²) >= 11 is 0. The minimum Gasteiger partial charge on any atom is -0.334 e. The SMILES string of the molecule is CCS(=O)(=O)N[C@H]1[C@@H](F)CN(C(=O)C2CC2)[C@H]1Cc1cccc(-c2ccccc2)c1. The van der Waals surface area contributed by atoms with Crippen LogP contribution in [0.15, 0.2) is 54.6 Å². The summed E-state index contributed by atoms with van der Waals surface area (Å²) < 4.78 is 41.8. The van der Waals surface area contributed by atoms with Crippen molar-refractivity contribution in [3.05, 3.63) is 60.2 Å². The van der Waals surface area contributed by atoms with Crippen LogP contribution in [0.2, 0.25) is 0 Å². The fraction of sp³-hybridized carbons (Fsp3) is 0.435. The van der Waals surface area contributed by atoms with Gasteiger partial charge in [0.25, 0.3) is 0 Å². The molecule has 1 amide bonds. The third-order valence-corrected chi connectivity index (χ3v) is 7.35. The molecule has 0 spiro atoms. The number of hydrogen-bond acceptors (Lipinski definition) is 3. The standard InChI is InChI=1S/C23H27FN2O3S/c1-2-30(28,29)25-22-20(24)15-26(23(27)18-11-12-18)21(22)14-16-7-6-10-19(13-16)17-8-4-3-5-9-17/h3-10,13,18,20-22,25H,2,11-12,14-15H2,1H3/t20-,21-,22-/m0/s1. The summed E-state index contributed by atoms with van der Waals surface area (Å²) in [5, 5.41) is 0. The second kappa shape index (κ2) is 8.47. The van der Waals surface area contributed by atoms with Gasteiger partial charge in [-0.3, -0.25) is 4.79 Å². The average Bonchev–Trinajstić information content (AvgIpc) is 3.56. The molecular weight excluding hydrogens is 403 g/mol. The zero-order valence-electron chi connectivity index (χ0n) is 17.0. The molecule has 1 aliphatic heterocycles. The fourth-order valence-electron chi connectivity index (χ4n) is 4.12. The molecule has 1 aliphatic carbocycles. The molecule has 30 heavy (non-hydrogen) atoms. The number of benzene rings is 2. The Balaban J connectivity index is 1.62. The van der Waals surface area contributed by atoms with Crippen molar-refractivity contribution >= 4 is 15.9 Å². The van der Waals surface area contributed by atoms with Gasteiger partial charge in [-0.25, -0.2) is 17.5 Å². The van der Waals surface area contributed by atoms with Crippen molar-refractivity contribution in [2.45, 2.75) is 44.4 Å². The molecule has 1 heterocycles. The highest BCUT2D eigenvalue weighted by atomic mass is 32.2. The van der Waals surface area contributed by atoms with E-state index in [0.717, 1.165) is 29.5 Å². The van der Waals surface area contributed by atoms with Crippen LogP contribution in [0.5, 0.6) is 0 Å². The molecule has 4 rings (SSSR count). The second-order valence-electron chi connectivity index (χ2n) is 8.17. The number of hydrogen-bond donors (Lipinski definition) is 1. The first-order valence-electron chi connectivity index (χ1n) is 10.5. The predicted molar refractivity (Wildman–Crippen MR) is 115 cm³/mol. The van der Waals surface area contributed by atoms with E-state index in [1.54, 1.807) is 4.90 Å². The molecule has 5 nitrogen and oxygen atoms in total. The highest BCUT2D eigenvalue weighted by Crippen LogP contribution is 2.35. The molecule has 160 valence electrons. The van der Waals surface area contributed by atoms with Crippen molar-refractivity contribution in [1.29, 1.82) is 0 Å². The van der Waals surface area contributed by atoms with Gasteiger partial charge in [0.1, 0.15) is 6.17 Å². The van der Waals surface area contributed by atoms with Crippen LogP contribution in [0.25, 0.3) is 11.1 Å². The Kier molecular flexibility index (Phi) is 5.93. The summed E-state index contributed by atoms with van der Waals surface area (Å²) in [5.41, 5.74) is 3.06. The van der Waals surface area contributed by atoms with E-state index in [4.69, 9.17) is 0 Å². The maximum Gasteiger partial charge on any atom is 0.226 e. The van der Waals surface area contributed by atoms with Crippen LogP contribution < -0.4 is 4.72 Å². The third-order valence-electron chi connectivity index (χ3n) is 5.96. The minimum absolute atomic E-state index is 0.0446. The summed E-state index contributed by atoms with van der Waals surface area (Å²) in [6, 6.07) is 16.4. The molecule has 2 aromatic rings. The van der Waals surface area contributed by atoms with E-state index in [9.17, 15) is 17.6 Å². The van der Waals surface area contributed by atoms with Crippen LogP contribution in [0.1, 0.15) is 25.3 Å². The molecule has 2 fully saturated rings. The fourth-order valence-corrected chi connectivity index (χ4v) is 5.01. The highest BCUT2D eigenvalue weighted by Gasteiger charge is 2.48. The van der Waals surface area contributed by atoms with Crippen LogP contribution in [0.3, 0.4) is 0 Å². The van der Waals surface area contributed by atoms with Crippen LogP contribution in [-0.2, 0) is 21.2 Å². The number of nitrogens with one attached hydrogen (secondary N) is 1. The van der Waals surface area contributed by atoms with Gasteiger partial charge in [-0.15, -0.1) is 0 Å². The molecular formula is C23H27FN2O3S. The third kappa shape index (κ3) is 4.57. The Morgan fingerprint density at radius 2 is 1.80 bits per heavy atom. The number of carbonyl (C=O) groups is 1. The summed E-state index contributed by atoms with van der Waals surface area (Å²) in [5.74, 6) is -0.222. The maximum atomic E-state index is 14.9. The lowest BCUT2D eigenvalue weighted by Crippen LogP contribution is -2.50. The summed E-state index contributed by atoms with van der Waals surface area (Å²) in [6.07, 6.45) is 0.634. The largest absolute Gasteiger partial charge is 0.334 e. The molecule has 1 N–H and O–H groups in total. The van der Waals surface area contributed by atoms with E-state index in [1.807, 2.05) is 54.6 Å². The highest BCUT2D eigenvalue weighted by molar-refractivity contribution is 7.89. The van der Waals surface area contributed by atoms with E-state index in [0.29, 0.717) is 6.42 Å². The normalized spacial score (nSPS) is 24.2. The minimum atomic E-state index is -3.59. The monoisotopic (exact) mass is 430 g/mol. The number of rotatable bonds is 7. The number of amides is 1. The zero-order valence-corrected chi connectivity index (χ0v) is 17.8. The van der Waals surface area contributed by atoms with E-state index >= 15 is 0 Å². The number of nitrogens with zero attached hydrogens (tertiary/aromatic N) is 1. The maximum absolute atomic E-state index is 14.9. The first-order valence-corrected chi connectivity index (χ1v) is 12.1. The van der Waals surface area contributed by atoms with E-state index in [1.165, 1.54) is 6.92 Å². The predicted octanol–water partition coefficient (Wildman–Crippen LogP) is 3.16. The van der Waals surface area contributed by atoms with E-state index in [-0.39, 0.29) is 24.1 Å². The molecule has 2 aromatic carbocycles.